The van der Waals surface area contributed by atoms with Crippen molar-refractivity contribution in [2.75, 3.05) is 19.8 Å². The Kier molecular flexibility index (Phi) is 5.45. The topological polar surface area (TPSA) is 103 Å². The molecule has 0 spiro atoms. The molecule has 134 valence electrons. The van der Waals surface area contributed by atoms with Crippen molar-refractivity contribution in [1.29, 1.82) is 0 Å². The third-order valence-electron chi connectivity index (χ3n) is 4.74. The van der Waals surface area contributed by atoms with Crippen LogP contribution in [-0.4, -0.2) is 35.8 Å². The van der Waals surface area contributed by atoms with E-state index in [1.807, 2.05) is 37.3 Å². The molecular formula is C18H24N4O3. The highest BCUT2D eigenvalue weighted by atomic mass is 16.5. The number of hydrogen-bond donors (Lipinski definition) is 2. The van der Waals surface area contributed by atoms with Crippen LogP contribution < -0.4 is 11.1 Å². The smallest absolute Gasteiger partial charge is 0.231 e. The number of amides is 1. The average Bonchev–Trinajstić information content (AvgIpc) is 3.11. The zero-order chi connectivity index (χ0) is 17.7. The van der Waals surface area contributed by atoms with Crippen molar-refractivity contribution >= 4 is 5.91 Å². The minimum atomic E-state index is -0.566. The summed E-state index contributed by atoms with van der Waals surface area (Å²) in [6.45, 7) is 3.27. The van der Waals surface area contributed by atoms with Gasteiger partial charge in [-0.3, -0.25) is 4.79 Å². The number of nitrogens with one attached hydrogen (secondary N) is 1. The van der Waals surface area contributed by atoms with Gasteiger partial charge in [-0.15, -0.1) is 0 Å². The Balaban J connectivity index is 1.63. The molecule has 25 heavy (non-hydrogen) atoms. The normalized spacial score (nSPS) is 17.8. The van der Waals surface area contributed by atoms with Gasteiger partial charge in [-0.2, -0.15) is 4.98 Å². The summed E-state index contributed by atoms with van der Waals surface area (Å²) in [5, 5.41) is 6.98. The molecule has 1 aliphatic rings. The Bertz CT molecular complexity index is 695. The van der Waals surface area contributed by atoms with Gasteiger partial charge in [-0.25, -0.2) is 0 Å². The van der Waals surface area contributed by atoms with Gasteiger partial charge in [0, 0.05) is 19.8 Å². The second-order valence-corrected chi connectivity index (χ2v) is 6.50. The molecule has 1 atom stereocenters. The fourth-order valence-electron chi connectivity index (χ4n) is 2.99. The minimum Gasteiger partial charge on any atom is -0.381 e. The van der Waals surface area contributed by atoms with E-state index in [-0.39, 0.29) is 11.9 Å². The van der Waals surface area contributed by atoms with Crippen LogP contribution in [0.1, 0.15) is 43.1 Å². The zero-order valence-corrected chi connectivity index (χ0v) is 14.4. The van der Waals surface area contributed by atoms with Gasteiger partial charge < -0.3 is 20.3 Å². The Hall–Kier alpha value is -2.25. The average molecular weight is 344 g/mol. The van der Waals surface area contributed by atoms with E-state index in [0.29, 0.717) is 50.7 Å². The summed E-state index contributed by atoms with van der Waals surface area (Å²) >= 11 is 0. The third-order valence-corrected chi connectivity index (χ3v) is 4.74. The lowest BCUT2D eigenvalue weighted by Crippen LogP contribution is -2.49. The van der Waals surface area contributed by atoms with Gasteiger partial charge in [0.05, 0.1) is 17.9 Å². The number of hydrogen-bond acceptors (Lipinski definition) is 6. The first-order valence-electron chi connectivity index (χ1n) is 8.58. The maximum Gasteiger partial charge on any atom is 0.231 e. The van der Waals surface area contributed by atoms with Crippen LogP contribution in [0.2, 0.25) is 0 Å². The fraction of sp³-hybridized carbons (Fsp3) is 0.500. The first kappa shape index (κ1) is 17.6. The molecule has 7 heteroatoms. The van der Waals surface area contributed by atoms with Crippen LogP contribution in [0.5, 0.6) is 0 Å². The number of aromatic nitrogens is 2. The molecule has 7 nitrogen and oxygen atoms in total. The van der Waals surface area contributed by atoms with Crippen LogP contribution in [0, 0.1) is 5.41 Å². The van der Waals surface area contributed by atoms with Crippen molar-refractivity contribution in [3.05, 3.63) is 47.6 Å². The van der Waals surface area contributed by atoms with Gasteiger partial charge in [0.2, 0.25) is 11.8 Å². The van der Waals surface area contributed by atoms with Gasteiger partial charge >= 0.3 is 0 Å². The molecule has 1 aliphatic heterocycles. The maximum atomic E-state index is 12.7. The molecule has 3 N–H and O–H groups in total. The van der Waals surface area contributed by atoms with E-state index in [1.54, 1.807) is 0 Å². The van der Waals surface area contributed by atoms with E-state index in [0.717, 1.165) is 5.56 Å². The molecule has 1 fully saturated rings. The lowest BCUT2D eigenvalue weighted by molar-refractivity contribution is -0.136. The summed E-state index contributed by atoms with van der Waals surface area (Å²) < 4.78 is 10.7. The molecule has 3 rings (SSSR count). The van der Waals surface area contributed by atoms with Crippen LogP contribution in [0.3, 0.4) is 0 Å². The Labute approximate surface area is 146 Å². The highest BCUT2D eigenvalue weighted by Gasteiger charge is 2.39. The van der Waals surface area contributed by atoms with E-state index < -0.39 is 5.41 Å². The van der Waals surface area contributed by atoms with Crippen molar-refractivity contribution in [2.45, 2.75) is 32.2 Å². The fourth-order valence-corrected chi connectivity index (χ4v) is 2.99. The van der Waals surface area contributed by atoms with Crippen molar-refractivity contribution in [1.82, 2.24) is 15.5 Å². The number of carbonyl (C=O) groups excluding carboxylic acids is 1. The molecule has 1 saturated heterocycles. The largest absolute Gasteiger partial charge is 0.381 e. The van der Waals surface area contributed by atoms with Crippen LogP contribution >= 0.6 is 0 Å². The van der Waals surface area contributed by atoms with Crippen molar-refractivity contribution in [2.24, 2.45) is 11.1 Å². The van der Waals surface area contributed by atoms with Gasteiger partial charge in [-0.05, 0) is 25.3 Å². The summed E-state index contributed by atoms with van der Waals surface area (Å²) in [7, 11) is 0. The quantitative estimate of drug-likeness (QED) is 0.825. The first-order chi connectivity index (χ1) is 12.1. The van der Waals surface area contributed by atoms with Gasteiger partial charge in [0.15, 0.2) is 5.82 Å². The SMILES string of the molecule is CC(NC(=O)C1(CN)CCOCC1)c1noc(Cc2ccccc2)n1. The van der Waals surface area contributed by atoms with E-state index >= 15 is 0 Å². The number of benzene rings is 1. The van der Waals surface area contributed by atoms with Gasteiger partial charge in [0.25, 0.3) is 0 Å². The molecule has 0 bridgehead atoms. The van der Waals surface area contributed by atoms with E-state index in [2.05, 4.69) is 15.5 Å². The van der Waals surface area contributed by atoms with Crippen molar-refractivity contribution < 1.29 is 14.1 Å². The van der Waals surface area contributed by atoms with Crippen molar-refractivity contribution in [3.63, 3.8) is 0 Å². The van der Waals surface area contributed by atoms with Gasteiger partial charge in [-0.1, -0.05) is 35.5 Å². The molecule has 1 unspecified atom stereocenters. The molecule has 0 radical (unpaired) electrons. The van der Waals surface area contributed by atoms with Gasteiger partial charge in [0.1, 0.15) is 0 Å². The standard InChI is InChI=1S/C18H24N4O3/c1-13(20-17(23)18(12-19)7-9-24-10-8-18)16-21-15(25-22-16)11-14-5-3-2-4-6-14/h2-6,13H,7-12,19H2,1H3,(H,20,23). The van der Waals surface area contributed by atoms with E-state index in [4.69, 9.17) is 15.0 Å². The van der Waals surface area contributed by atoms with E-state index in [1.165, 1.54) is 0 Å². The molecular weight excluding hydrogens is 320 g/mol. The van der Waals surface area contributed by atoms with Crippen molar-refractivity contribution in [3.8, 4) is 0 Å². The lowest BCUT2D eigenvalue weighted by atomic mass is 9.79. The van der Waals surface area contributed by atoms with Crippen LogP contribution in [0.15, 0.2) is 34.9 Å². The predicted octanol–water partition coefficient (Wildman–Crippen LogP) is 1.59. The summed E-state index contributed by atoms with van der Waals surface area (Å²) in [5.74, 6) is 0.931. The second kappa shape index (κ2) is 7.76. The minimum absolute atomic E-state index is 0.0693. The highest BCUT2D eigenvalue weighted by Crippen LogP contribution is 2.30. The molecule has 0 saturated carbocycles. The van der Waals surface area contributed by atoms with Crippen LogP contribution in [-0.2, 0) is 16.0 Å². The molecule has 1 aromatic heterocycles. The molecule has 1 amide bonds. The summed E-state index contributed by atoms with van der Waals surface area (Å²) in [6, 6.07) is 9.57. The molecule has 2 aromatic rings. The van der Waals surface area contributed by atoms with E-state index in [9.17, 15) is 4.79 Å². The highest BCUT2D eigenvalue weighted by molar-refractivity contribution is 5.83. The number of rotatable bonds is 6. The summed E-state index contributed by atoms with van der Waals surface area (Å²) in [5.41, 5.74) is 6.41. The predicted molar refractivity (Wildman–Crippen MR) is 91.6 cm³/mol. The summed E-state index contributed by atoms with van der Waals surface area (Å²) in [4.78, 5) is 17.1. The monoisotopic (exact) mass is 344 g/mol. The summed E-state index contributed by atoms with van der Waals surface area (Å²) in [6.07, 6.45) is 1.83. The number of nitrogens with two attached hydrogens (primary N) is 1. The lowest BCUT2D eigenvalue weighted by Gasteiger charge is -2.35. The third kappa shape index (κ3) is 4.05. The van der Waals surface area contributed by atoms with Crippen LogP contribution in [0.4, 0.5) is 0 Å². The van der Waals surface area contributed by atoms with Crippen LogP contribution in [0.25, 0.3) is 0 Å². The second-order valence-electron chi connectivity index (χ2n) is 6.50. The molecule has 2 heterocycles. The molecule has 1 aromatic carbocycles. The number of ether oxygens (including phenoxy) is 1. The number of nitrogens with zero attached hydrogens (tertiary/aromatic N) is 2. The Morgan fingerprint density at radius 2 is 2.04 bits per heavy atom. The first-order valence-corrected chi connectivity index (χ1v) is 8.58. The Morgan fingerprint density at radius 3 is 2.72 bits per heavy atom. The maximum absolute atomic E-state index is 12.7. The Morgan fingerprint density at radius 1 is 1.32 bits per heavy atom. The zero-order valence-electron chi connectivity index (χ0n) is 14.4. The number of carbonyl (C=O) groups is 1. The molecule has 0 aliphatic carbocycles.